The molecule has 4 rings (SSSR count). The van der Waals surface area contributed by atoms with E-state index in [9.17, 15) is 4.79 Å². The van der Waals surface area contributed by atoms with Crippen LogP contribution < -0.4 is 10.4 Å². The maximum absolute atomic E-state index is 12.3. The van der Waals surface area contributed by atoms with E-state index in [1.807, 2.05) is 0 Å². The number of benzene rings is 1. The van der Waals surface area contributed by atoms with Gasteiger partial charge in [-0.1, -0.05) is 36.0 Å². The molecule has 1 aromatic carbocycles. The van der Waals surface area contributed by atoms with E-state index in [0.29, 0.717) is 16.1 Å². The highest BCUT2D eigenvalue weighted by Gasteiger charge is 2.28. The second-order valence-corrected chi connectivity index (χ2v) is 7.94. The van der Waals surface area contributed by atoms with Crippen LogP contribution in [0.2, 0.25) is 10.0 Å². The number of anilines is 1. The summed E-state index contributed by atoms with van der Waals surface area (Å²) in [5, 5.41) is 0.999. The third kappa shape index (κ3) is 3.77. The van der Waals surface area contributed by atoms with Crippen molar-refractivity contribution in [3.05, 3.63) is 22.2 Å². The highest BCUT2D eigenvalue weighted by molar-refractivity contribution is 6.42. The van der Waals surface area contributed by atoms with Crippen molar-refractivity contribution in [1.82, 2.24) is 15.4 Å². The standard InChI is InChI=1S/C18H22Cl2N4O2/c19-13-9-15-16(10-14(13)20)22-18(21-15)24-7-5-11(6-8-24)17(25)26-23-12-3-1-2-4-12/h9-12,23H,1-8H2,(H,21,22). The largest absolute Gasteiger partial charge is 0.370 e. The number of nitrogens with zero attached hydrogens (tertiary/aromatic N) is 2. The van der Waals surface area contributed by atoms with E-state index in [1.165, 1.54) is 12.8 Å². The lowest BCUT2D eigenvalue weighted by Gasteiger charge is -2.30. The third-order valence-electron chi connectivity index (χ3n) is 5.32. The molecule has 1 saturated heterocycles. The van der Waals surface area contributed by atoms with Gasteiger partial charge in [-0.3, -0.25) is 4.79 Å². The Morgan fingerprint density at radius 2 is 1.85 bits per heavy atom. The van der Waals surface area contributed by atoms with Crippen LogP contribution in [-0.4, -0.2) is 35.1 Å². The molecule has 2 heterocycles. The van der Waals surface area contributed by atoms with Gasteiger partial charge >= 0.3 is 5.97 Å². The molecule has 1 saturated carbocycles. The zero-order chi connectivity index (χ0) is 18.1. The smallest absolute Gasteiger partial charge is 0.327 e. The number of aromatic amines is 1. The fourth-order valence-electron chi connectivity index (χ4n) is 3.74. The lowest BCUT2D eigenvalue weighted by Crippen LogP contribution is -2.39. The Balaban J connectivity index is 1.33. The maximum atomic E-state index is 12.3. The number of aromatic nitrogens is 2. The molecule has 0 amide bonds. The van der Waals surface area contributed by atoms with E-state index >= 15 is 0 Å². The molecule has 2 N–H and O–H groups in total. The Labute approximate surface area is 162 Å². The van der Waals surface area contributed by atoms with Crippen LogP contribution >= 0.6 is 23.2 Å². The minimum absolute atomic E-state index is 0.0616. The first-order chi connectivity index (χ1) is 12.6. The summed E-state index contributed by atoms with van der Waals surface area (Å²) in [7, 11) is 0. The summed E-state index contributed by atoms with van der Waals surface area (Å²) >= 11 is 12.1. The number of piperidine rings is 1. The van der Waals surface area contributed by atoms with Crippen molar-refractivity contribution in [3.8, 4) is 0 Å². The quantitative estimate of drug-likeness (QED) is 0.761. The van der Waals surface area contributed by atoms with Gasteiger partial charge in [0, 0.05) is 19.1 Å². The Kier molecular flexibility index (Phi) is 5.25. The number of hydroxylamine groups is 1. The molecule has 6 nitrogen and oxygen atoms in total. The number of rotatable bonds is 4. The van der Waals surface area contributed by atoms with Crippen LogP contribution in [-0.2, 0) is 9.63 Å². The molecular weight excluding hydrogens is 375 g/mol. The molecule has 2 fully saturated rings. The zero-order valence-electron chi connectivity index (χ0n) is 14.4. The highest BCUT2D eigenvalue weighted by Crippen LogP contribution is 2.29. The third-order valence-corrected chi connectivity index (χ3v) is 6.04. The number of fused-ring (bicyclic) bond motifs is 1. The fraction of sp³-hybridized carbons (Fsp3) is 0.556. The van der Waals surface area contributed by atoms with Crippen molar-refractivity contribution in [1.29, 1.82) is 0 Å². The Bertz CT molecular complexity index is 757. The van der Waals surface area contributed by atoms with Crippen LogP contribution in [0.4, 0.5) is 5.95 Å². The molecule has 26 heavy (non-hydrogen) atoms. The van der Waals surface area contributed by atoms with Gasteiger partial charge < -0.3 is 14.7 Å². The molecule has 0 atom stereocenters. The van der Waals surface area contributed by atoms with Crippen molar-refractivity contribution in [2.75, 3.05) is 18.0 Å². The van der Waals surface area contributed by atoms with Crippen LogP contribution in [0, 0.1) is 5.92 Å². The number of halogens is 2. The molecule has 8 heteroatoms. The van der Waals surface area contributed by atoms with Crippen molar-refractivity contribution >= 4 is 46.2 Å². The number of nitrogens with one attached hydrogen (secondary N) is 2. The van der Waals surface area contributed by atoms with Gasteiger partial charge in [0.2, 0.25) is 5.95 Å². The van der Waals surface area contributed by atoms with E-state index in [2.05, 4.69) is 20.3 Å². The number of H-pyrrole nitrogens is 1. The Morgan fingerprint density at radius 3 is 2.58 bits per heavy atom. The fourth-order valence-corrected chi connectivity index (χ4v) is 4.06. The first-order valence-electron chi connectivity index (χ1n) is 9.16. The number of imidazole rings is 1. The van der Waals surface area contributed by atoms with Gasteiger partial charge in [-0.25, -0.2) is 4.98 Å². The van der Waals surface area contributed by atoms with Crippen LogP contribution in [0.25, 0.3) is 11.0 Å². The number of carbonyl (C=O) groups is 1. The van der Waals surface area contributed by atoms with Gasteiger partial charge in [0.05, 0.1) is 27.0 Å². The topological polar surface area (TPSA) is 70.2 Å². The molecular formula is C18H22Cl2N4O2. The minimum Gasteiger partial charge on any atom is -0.370 e. The van der Waals surface area contributed by atoms with Gasteiger partial charge in [-0.05, 0) is 37.8 Å². The van der Waals surface area contributed by atoms with E-state index in [4.69, 9.17) is 28.0 Å². The number of hydrogen-bond acceptors (Lipinski definition) is 5. The van der Waals surface area contributed by atoms with Crippen LogP contribution in [0.15, 0.2) is 12.1 Å². The predicted molar refractivity (Wildman–Crippen MR) is 103 cm³/mol. The van der Waals surface area contributed by atoms with Gasteiger partial charge in [0.15, 0.2) is 0 Å². The summed E-state index contributed by atoms with van der Waals surface area (Å²) in [4.78, 5) is 27.6. The van der Waals surface area contributed by atoms with E-state index in [1.54, 1.807) is 12.1 Å². The molecule has 2 aromatic rings. The summed E-state index contributed by atoms with van der Waals surface area (Å²) in [6.45, 7) is 1.51. The monoisotopic (exact) mass is 396 g/mol. The van der Waals surface area contributed by atoms with E-state index < -0.39 is 0 Å². The lowest BCUT2D eigenvalue weighted by atomic mass is 9.97. The zero-order valence-corrected chi connectivity index (χ0v) is 15.9. The van der Waals surface area contributed by atoms with Gasteiger partial charge in [0.1, 0.15) is 0 Å². The average molecular weight is 397 g/mol. The van der Waals surface area contributed by atoms with Crippen molar-refractivity contribution in [2.45, 2.75) is 44.6 Å². The Morgan fingerprint density at radius 1 is 1.15 bits per heavy atom. The summed E-state index contributed by atoms with van der Waals surface area (Å²) < 4.78 is 0. The Hall–Kier alpha value is -1.50. The minimum atomic E-state index is -0.139. The summed E-state index contributed by atoms with van der Waals surface area (Å²) in [6.07, 6.45) is 6.11. The van der Waals surface area contributed by atoms with Gasteiger partial charge in [-0.15, -0.1) is 0 Å². The van der Waals surface area contributed by atoms with Crippen molar-refractivity contribution in [2.24, 2.45) is 5.92 Å². The van der Waals surface area contributed by atoms with E-state index in [0.717, 1.165) is 55.8 Å². The van der Waals surface area contributed by atoms with Gasteiger partial charge in [0.25, 0.3) is 0 Å². The van der Waals surface area contributed by atoms with Crippen LogP contribution in [0.5, 0.6) is 0 Å². The molecule has 1 aromatic heterocycles. The number of hydrogen-bond donors (Lipinski definition) is 2. The second-order valence-electron chi connectivity index (χ2n) is 7.13. The number of carbonyl (C=O) groups excluding carboxylic acids is 1. The average Bonchev–Trinajstić information content (AvgIpc) is 3.30. The summed E-state index contributed by atoms with van der Waals surface area (Å²) in [6, 6.07) is 3.88. The molecule has 140 valence electrons. The van der Waals surface area contributed by atoms with Crippen molar-refractivity contribution in [3.63, 3.8) is 0 Å². The SMILES string of the molecule is O=C(ONC1CCCC1)C1CCN(c2nc3cc(Cl)c(Cl)cc3[nH]2)CC1. The molecule has 0 bridgehead atoms. The normalized spacial score (nSPS) is 19.4. The molecule has 0 spiro atoms. The summed E-state index contributed by atoms with van der Waals surface area (Å²) in [5.74, 6) is 0.586. The first-order valence-corrected chi connectivity index (χ1v) is 9.91. The maximum Gasteiger partial charge on any atom is 0.327 e. The lowest BCUT2D eigenvalue weighted by molar-refractivity contribution is -0.158. The van der Waals surface area contributed by atoms with Crippen LogP contribution in [0.3, 0.4) is 0 Å². The predicted octanol–water partition coefficient (Wildman–Crippen LogP) is 4.08. The molecule has 2 aliphatic rings. The molecule has 1 aliphatic heterocycles. The van der Waals surface area contributed by atoms with E-state index in [-0.39, 0.29) is 11.9 Å². The molecule has 0 radical (unpaired) electrons. The van der Waals surface area contributed by atoms with Gasteiger partial charge in [-0.2, -0.15) is 5.48 Å². The molecule has 0 unspecified atom stereocenters. The molecule has 1 aliphatic carbocycles. The highest BCUT2D eigenvalue weighted by atomic mass is 35.5. The first kappa shape index (κ1) is 17.9. The second kappa shape index (κ2) is 7.62. The summed E-state index contributed by atoms with van der Waals surface area (Å²) in [5.41, 5.74) is 4.59. The van der Waals surface area contributed by atoms with Crippen molar-refractivity contribution < 1.29 is 9.63 Å². The van der Waals surface area contributed by atoms with Crippen LogP contribution in [0.1, 0.15) is 38.5 Å².